The van der Waals surface area contributed by atoms with Gasteiger partial charge in [-0.2, -0.15) is 0 Å². The van der Waals surface area contributed by atoms with Gasteiger partial charge in [-0.05, 0) is 67.4 Å². The zero-order valence-corrected chi connectivity index (χ0v) is 39.7. The van der Waals surface area contributed by atoms with Crippen molar-refractivity contribution in [3.8, 4) is 45.3 Å². The van der Waals surface area contributed by atoms with Crippen LogP contribution in [0.4, 0.5) is 0 Å². The van der Waals surface area contributed by atoms with Gasteiger partial charge in [0, 0.05) is 72.9 Å². The maximum Gasteiger partial charge on any atom is 0.244 e. The summed E-state index contributed by atoms with van der Waals surface area (Å²) >= 11 is 0. The third kappa shape index (κ3) is 8.45. The minimum absolute atomic E-state index is 0.0450. The maximum absolute atomic E-state index is 6.77. The van der Waals surface area contributed by atoms with Crippen LogP contribution < -0.4 is 28.1 Å². The molecule has 1 aliphatic heterocycles. The first-order valence-corrected chi connectivity index (χ1v) is 23.3. The van der Waals surface area contributed by atoms with E-state index in [4.69, 9.17) is 37.9 Å². The molecule has 12 bridgehead atoms. The van der Waals surface area contributed by atoms with Crippen molar-refractivity contribution in [2.75, 3.05) is 55.6 Å². The Morgan fingerprint density at radius 3 is 0.986 bits per heavy atom. The van der Waals surface area contributed by atoms with Crippen molar-refractivity contribution < 1.29 is 47.0 Å². The highest BCUT2D eigenvalue weighted by Crippen LogP contribution is 2.51. The summed E-state index contributed by atoms with van der Waals surface area (Å²) in [5.41, 5.74) is 7.56. The van der Waals surface area contributed by atoms with Crippen molar-refractivity contribution in [1.82, 2.24) is 9.13 Å². The molecule has 10 aromatic rings. The van der Waals surface area contributed by atoms with Crippen LogP contribution in [0.5, 0.6) is 23.0 Å². The maximum atomic E-state index is 6.77. The van der Waals surface area contributed by atoms with E-state index in [-0.39, 0.29) is 27.2 Å². The highest BCUT2D eigenvalue weighted by atomic mass is 16.7. The van der Waals surface area contributed by atoms with Gasteiger partial charge >= 0.3 is 0 Å². The number of methoxy groups -OCH3 is 4. The van der Waals surface area contributed by atoms with Crippen LogP contribution in [0.1, 0.15) is 22.3 Å². The molecule has 11 rings (SSSR count). The van der Waals surface area contributed by atoms with Crippen LogP contribution in [0.25, 0.3) is 65.3 Å². The second kappa shape index (κ2) is 19.7. The summed E-state index contributed by atoms with van der Waals surface area (Å²) < 4.78 is 58.4. The Kier molecular flexibility index (Phi) is 12.6. The molecule has 0 fully saturated rings. The predicted molar refractivity (Wildman–Crippen MR) is 269 cm³/mol. The lowest BCUT2D eigenvalue weighted by molar-refractivity contribution is -0.688. The zero-order valence-electron chi connectivity index (χ0n) is 39.7. The molecule has 0 spiro atoms. The molecule has 0 aliphatic carbocycles. The van der Waals surface area contributed by atoms with Gasteiger partial charge in [0.05, 0.1) is 0 Å². The van der Waals surface area contributed by atoms with E-state index in [2.05, 4.69) is 177 Å². The highest BCUT2D eigenvalue weighted by molar-refractivity contribution is 6.12. The quantitative estimate of drug-likeness (QED) is 0.0884. The smallest absolute Gasteiger partial charge is 0.244 e. The van der Waals surface area contributed by atoms with Crippen molar-refractivity contribution in [2.45, 2.75) is 26.2 Å². The van der Waals surface area contributed by atoms with Gasteiger partial charge in [0.25, 0.3) is 0 Å². The fourth-order valence-electron chi connectivity index (χ4n) is 10.2. The Hall–Kier alpha value is -7.74. The standard InChI is InChI=1S/C58H54N4O8/c1-63-35-67-55-43-25-39-13-5-9-17-47(39)51(55)52-48-18-10-6-14-40(48)26-44(56(52)68-36-64-2)30-61-23-24-62(34-61)32-46-28-42-16-8-12-20-50(42)54(58(46)70-38-66-4)53-49-19-11-7-15-41(49)27-45(57(53)69-37-65-3)31-60-22-21-59(29-43)33-60/h5-28,33-34H,29-32,35-38H2,1-4H3/q+2. The first kappa shape index (κ1) is 44.7. The van der Waals surface area contributed by atoms with Gasteiger partial charge < -0.3 is 37.9 Å². The van der Waals surface area contributed by atoms with Crippen LogP contribution in [0.15, 0.2) is 159 Å². The molecule has 8 aromatic carbocycles. The van der Waals surface area contributed by atoms with E-state index in [1.807, 2.05) is 0 Å². The molecule has 12 heteroatoms. The minimum atomic E-state index is 0.0450. The first-order chi connectivity index (χ1) is 34.5. The van der Waals surface area contributed by atoms with E-state index in [1.165, 1.54) is 0 Å². The molecule has 12 nitrogen and oxygen atoms in total. The molecular formula is C58H54N4O8+2. The SMILES string of the molecule is COCOc1c2cc3ccccc3c1-c1c(OCOC)c(cc3ccccc13)C[n+]1ccn(c1)Cc1cc3ccccc3c(c1OCOC)-c1c(OCOC)c(cc3ccccc13)C[n+]1ccn(c1)C2. The lowest BCUT2D eigenvalue weighted by Gasteiger charge is -2.23. The van der Waals surface area contributed by atoms with Gasteiger partial charge in [0.15, 0.2) is 27.2 Å². The van der Waals surface area contributed by atoms with Crippen LogP contribution in [0.2, 0.25) is 0 Å². The van der Waals surface area contributed by atoms with Crippen LogP contribution in [0.3, 0.4) is 0 Å². The van der Waals surface area contributed by atoms with E-state index in [9.17, 15) is 0 Å². The summed E-state index contributed by atoms with van der Waals surface area (Å²) in [7, 11) is 6.60. The molecule has 2 aromatic heterocycles. The molecule has 352 valence electrons. The fourth-order valence-corrected chi connectivity index (χ4v) is 10.2. The number of hydrogen-bond acceptors (Lipinski definition) is 8. The van der Waals surface area contributed by atoms with Crippen molar-refractivity contribution in [1.29, 1.82) is 0 Å². The van der Waals surface area contributed by atoms with E-state index >= 15 is 0 Å². The molecule has 0 saturated heterocycles. The van der Waals surface area contributed by atoms with Gasteiger partial charge in [-0.15, -0.1) is 0 Å². The number of imidazole rings is 2. The molecule has 1 aliphatic rings. The third-order valence-electron chi connectivity index (χ3n) is 13.0. The van der Waals surface area contributed by atoms with Crippen molar-refractivity contribution in [2.24, 2.45) is 0 Å². The van der Waals surface area contributed by atoms with Crippen LogP contribution in [-0.2, 0) is 45.1 Å². The molecule has 0 N–H and O–H groups in total. The van der Waals surface area contributed by atoms with Crippen molar-refractivity contribution in [3.63, 3.8) is 0 Å². The summed E-state index contributed by atoms with van der Waals surface area (Å²) in [4.78, 5) is 0. The van der Waals surface area contributed by atoms with E-state index < -0.39 is 0 Å². The topological polar surface area (TPSA) is 91.5 Å². The molecule has 3 heterocycles. The van der Waals surface area contributed by atoms with Crippen LogP contribution in [0, 0.1) is 0 Å². The Balaban J connectivity index is 1.21. The normalized spacial score (nSPS) is 12.5. The minimum Gasteiger partial charge on any atom is -0.466 e. The number of hydrogen-bond donors (Lipinski definition) is 0. The number of rotatable bonds is 12. The number of nitrogens with zero attached hydrogens (tertiary/aromatic N) is 4. The Morgan fingerprint density at radius 2 is 0.671 bits per heavy atom. The first-order valence-electron chi connectivity index (χ1n) is 23.3. The highest BCUT2D eigenvalue weighted by Gasteiger charge is 2.29. The van der Waals surface area contributed by atoms with Gasteiger partial charge in [-0.25, -0.2) is 18.3 Å². The fraction of sp³-hybridized carbons (Fsp3) is 0.207. The summed E-state index contributed by atoms with van der Waals surface area (Å²) in [6, 6.07) is 42.7. The number of ether oxygens (including phenoxy) is 8. The number of fused-ring (bicyclic) bond motifs is 22. The summed E-state index contributed by atoms with van der Waals surface area (Å²) in [6.07, 6.45) is 12.7. The molecule has 70 heavy (non-hydrogen) atoms. The van der Waals surface area contributed by atoms with Crippen LogP contribution >= 0.6 is 0 Å². The Morgan fingerprint density at radius 1 is 0.386 bits per heavy atom. The molecule has 0 radical (unpaired) electrons. The number of benzene rings is 8. The van der Waals surface area contributed by atoms with Gasteiger partial charge in [-0.1, -0.05) is 97.1 Å². The summed E-state index contributed by atoms with van der Waals surface area (Å²) in [5.74, 6) is 2.84. The summed E-state index contributed by atoms with van der Waals surface area (Å²) in [6.45, 7) is 2.16. The third-order valence-corrected chi connectivity index (χ3v) is 13.0. The van der Waals surface area contributed by atoms with Crippen molar-refractivity contribution in [3.05, 3.63) is 181 Å². The molecule has 0 unspecified atom stereocenters. The second-order valence-corrected chi connectivity index (χ2v) is 17.6. The predicted octanol–water partition coefficient (Wildman–Crippen LogP) is 10.2. The Bertz CT molecular complexity index is 3080. The van der Waals surface area contributed by atoms with Gasteiger partial charge in [0.1, 0.15) is 74.0 Å². The number of aromatic nitrogens is 4. The summed E-state index contributed by atoms with van der Waals surface area (Å²) in [5, 5.41) is 8.36. The lowest BCUT2D eigenvalue weighted by atomic mass is 9.88. The van der Waals surface area contributed by atoms with Crippen LogP contribution in [-0.4, -0.2) is 64.7 Å². The lowest BCUT2D eigenvalue weighted by Crippen LogP contribution is -2.32. The Labute approximate surface area is 405 Å². The van der Waals surface area contributed by atoms with Gasteiger partial charge in [0.2, 0.25) is 12.7 Å². The molecule has 0 atom stereocenters. The van der Waals surface area contributed by atoms with E-state index in [0.717, 1.165) is 87.6 Å². The zero-order chi connectivity index (χ0) is 47.6. The average molecular weight is 935 g/mol. The molecule has 0 amide bonds. The monoisotopic (exact) mass is 934 g/mol. The van der Waals surface area contributed by atoms with E-state index in [0.29, 0.717) is 49.2 Å². The second-order valence-electron chi connectivity index (χ2n) is 17.6. The van der Waals surface area contributed by atoms with Crippen molar-refractivity contribution >= 4 is 43.1 Å². The molecular weight excluding hydrogens is 881 g/mol. The van der Waals surface area contributed by atoms with Gasteiger partial charge in [-0.3, -0.25) is 0 Å². The largest absolute Gasteiger partial charge is 0.466 e. The van der Waals surface area contributed by atoms with E-state index in [1.54, 1.807) is 28.4 Å². The average Bonchev–Trinajstić information content (AvgIpc) is 4.03. The molecule has 0 saturated carbocycles.